The number of carbonyl (C=O) groups excluding carboxylic acids is 2. The number of aromatic nitrogens is 1. The van der Waals surface area contributed by atoms with Crippen LogP contribution in [0.25, 0.3) is 0 Å². The van der Waals surface area contributed by atoms with E-state index in [1.54, 1.807) is 18.2 Å². The largest absolute Gasteiger partial charge is 0.503 e. The third-order valence-corrected chi connectivity index (χ3v) is 3.91. The summed E-state index contributed by atoms with van der Waals surface area (Å²) in [5.74, 6) is -1.91. The molecule has 0 saturated carbocycles. The molecule has 1 aliphatic heterocycles. The number of non-ortho nitro benzene ring substituents is 1. The molecule has 8 nitrogen and oxygen atoms in total. The van der Waals surface area contributed by atoms with Crippen LogP contribution in [0.5, 0.6) is 0 Å². The first kappa shape index (κ1) is 16.3. The molecular weight excluding hydrogens is 326 g/mol. The van der Waals surface area contributed by atoms with Gasteiger partial charge in [0, 0.05) is 18.3 Å². The molecule has 1 aromatic heterocycles. The van der Waals surface area contributed by atoms with Crippen LogP contribution in [0.2, 0.25) is 0 Å². The van der Waals surface area contributed by atoms with Crippen LogP contribution >= 0.6 is 0 Å². The van der Waals surface area contributed by atoms with Gasteiger partial charge in [-0.2, -0.15) is 0 Å². The fourth-order valence-electron chi connectivity index (χ4n) is 2.85. The number of carbonyl (C=O) groups is 2. The Morgan fingerprint density at radius 1 is 1.32 bits per heavy atom. The van der Waals surface area contributed by atoms with Crippen LogP contribution in [0.3, 0.4) is 0 Å². The number of aliphatic hydroxyl groups is 1. The van der Waals surface area contributed by atoms with Crippen molar-refractivity contribution in [3.05, 3.63) is 75.8 Å². The van der Waals surface area contributed by atoms with E-state index in [1.807, 2.05) is 0 Å². The van der Waals surface area contributed by atoms with E-state index in [0.717, 1.165) is 0 Å². The quantitative estimate of drug-likeness (QED) is 0.676. The Bertz CT molecular complexity index is 908. The van der Waals surface area contributed by atoms with E-state index < -0.39 is 28.4 Å². The number of anilines is 1. The van der Waals surface area contributed by atoms with Crippen LogP contribution in [-0.2, 0) is 9.59 Å². The molecule has 1 aromatic carbocycles. The lowest BCUT2D eigenvalue weighted by Crippen LogP contribution is -2.30. The van der Waals surface area contributed by atoms with Crippen LogP contribution in [0.15, 0.2) is 60.1 Å². The van der Waals surface area contributed by atoms with E-state index >= 15 is 0 Å². The van der Waals surface area contributed by atoms with Gasteiger partial charge in [0.15, 0.2) is 11.5 Å². The van der Waals surface area contributed by atoms with Gasteiger partial charge < -0.3 is 5.11 Å². The standard InChI is InChI=1S/C17H13N3O5/c1-10(21)14-15(11-4-2-5-12(8-11)20(24)25)19(17(23)16(14)22)13-6-3-7-18-9-13/h2-9,15,22H,1H3/t15-/m1/s1. The lowest BCUT2D eigenvalue weighted by Gasteiger charge is -2.26. The zero-order valence-corrected chi connectivity index (χ0v) is 13.1. The number of nitro groups is 1. The van der Waals surface area contributed by atoms with Gasteiger partial charge in [-0.3, -0.25) is 29.6 Å². The molecule has 1 atom stereocenters. The summed E-state index contributed by atoms with van der Waals surface area (Å²) in [5, 5.41) is 21.2. The first-order valence-corrected chi connectivity index (χ1v) is 7.34. The highest BCUT2D eigenvalue weighted by atomic mass is 16.6. The van der Waals surface area contributed by atoms with Gasteiger partial charge in [0.25, 0.3) is 11.6 Å². The van der Waals surface area contributed by atoms with Gasteiger partial charge in [-0.15, -0.1) is 0 Å². The normalized spacial score (nSPS) is 17.1. The van der Waals surface area contributed by atoms with E-state index in [4.69, 9.17) is 0 Å². The summed E-state index contributed by atoms with van der Waals surface area (Å²) in [6.45, 7) is 1.23. The monoisotopic (exact) mass is 339 g/mol. The lowest BCUT2D eigenvalue weighted by molar-refractivity contribution is -0.384. The predicted molar refractivity (Wildman–Crippen MR) is 87.9 cm³/mol. The highest BCUT2D eigenvalue weighted by Gasteiger charge is 2.43. The summed E-state index contributed by atoms with van der Waals surface area (Å²) < 4.78 is 0. The average molecular weight is 339 g/mol. The molecule has 2 heterocycles. The summed E-state index contributed by atoms with van der Waals surface area (Å²) in [7, 11) is 0. The van der Waals surface area contributed by atoms with E-state index in [-0.39, 0.29) is 11.3 Å². The molecule has 0 spiro atoms. The fraction of sp³-hybridized carbons (Fsp3) is 0.118. The number of rotatable bonds is 4. The molecular formula is C17H13N3O5. The number of Topliss-reactive ketones (excluding diaryl/α,β-unsaturated/α-hetero) is 1. The number of benzene rings is 1. The van der Waals surface area contributed by atoms with Crippen molar-refractivity contribution in [3.8, 4) is 0 Å². The maximum Gasteiger partial charge on any atom is 0.294 e. The summed E-state index contributed by atoms with van der Waals surface area (Å²) in [5.41, 5.74) is 0.437. The van der Waals surface area contributed by atoms with Crippen LogP contribution in [0.1, 0.15) is 18.5 Å². The predicted octanol–water partition coefficient (Wildman–Crippen LogP) is 2.48. The molecule has 0 aliphatic carbocycles. The van der Waals surface area contributed by atoms with Gasteiger partial charge in [0.05, 0.1) is 28.4 Å². The highest BCUT2D eigenvalue weighted by Crippen LogP contribution is 2.41. The average Bonchev–Trinajstić information content (AvgIpc) is 2.87. The van der Waals surface area contributed by atoms with Crippen LogP contribution in [0.4, 0.5) is 11.4 Å². The first-order chi connectivity index (χ1) is 11.9. The van der Waals surface area contributed by atoms with Gasteiger partial charge in [0.2, 0.25) is 0 Å². The van der Waals surface area contributed by atoms with E-state index in [1.165, 1.54) is 42.4 Å². The Morgan fingerprint density at radius 2 is 2.08 bits per heavy atom. The minimum atomic E-state index is -0.964. The Kier molecular flexibility index (Phi) is 4.02. The second kappa shape index (κ2) is 6.16. The van der Waals surface area contributed by atoms with Crippen molar-refractivity contribution in [1.82, 2.24) is 4.98 Å². The zero-order valence-electron chi connectivity index (χ0n) is 13.1. The second-order valence-electron chi connectivity index (χ2n) is 5.46. The first-order valence-electron chi connectivity index (χ1n) is 7.34. The molecule has 0 bridgehead atoms. The van der Waals surface area contributed by atoms with Gasteiger partial charge in [-0.1, -0.05) is 12.1 Å². The summed E-state index contributed by atoms with van der Waals surface area (Å²) in [6, 6.07) is 7.87. The number of hydrogen-bond acceptors (Lipinski definition) is 6. The SMILES string of the molecule is CC(=O)C1=C(O)C(=O)N(c2cccnc2)[C@@H]1c1cccc([N+](=O)[O-])c1. The van der Waals surface area contributed by atoms with Gasteiger partial charge in [0.1, 0.15) is 0 Å². The van der Waals surface area contributed by atoms with Crippen LogP contribution in [0, 0.1) is 10.1 Å². The van der Waals surface area contributed by atoms with E-state index in [9.17, 15) is 24.8 Å². The Hall–Kier alpha value is -3.55. The zero-order chi connectivity index (χ0) is 18.1. The molecule has 8 heteroatoms. The van der Waals surface area contributed by atoms with Crippen molar-refractivity contribution in [2.45, 2.75) is 13.0 Å². The highest BCUT2D eigenvalue weighted by molar-refractivity contribution is 6.16. The smallest absolute Gasteiger partial charge is 0.294 e. The second-order valence-corrected chi connectivity index (χ2v) is 5.46. The Labute approximate surface area is 142 Å². The molecule has 3 rings (SSSR count). The van der Waals surface area contributed by atoms with Crippen molar-refractivity contribution >= 4 is 23.1 Å². The van der Waals surface area contributed by atoms with Gasteiger partial charge in [-0.25, -0.2) is 0 Å². The number of pyridine rings is 1. The maximum absolute atomic E-state index is 12.5. The summed E-state index contributed by atoms with van der Waals surface area (Å²) in [6.07, 6.45) is 2.93. The third kappa shape index (κ3) is 2.74. The Morgan fingerprint density at radius 3 is 2.68 bits per heavy atom. The number of aliphatic hydroxyl groups excluding tert-OH is 1. The maximum atomic E-state index is 12.5. The van der Waals surface area contributed by atoms with Crippen molar-refractivity contribution in [1.29, 1.82) is 0 Å². The molecule has 1 N–H and O–H groups in total. The molecule has 0 radical (unpaired) electrons. The number of nitro benzene ring substituents is 1. The molecule has 126 valence electrons. The molecule has 1 aliphatic rings. The van der Waals surface area contributed by atoms with Crippen molar-refractivity contribution in [3.63, 3.8) is 0 Å². The summed E-state index contributed by atoms with van der Waals surface area (Å²) >= 11 is 0. The third-order valence-electron chi connectivity index (χ3n) is 3.91. The van der Waals surface area contributed by atoms with Gasteiger partial charge >= 0.3 is 0 Å². The van der Waals surface area contributed by atoms with Crippen molar-refractivity contribution < 1.29 is 19.6 Å². The van der Waals surface area contributed by atoms with E-state index in [2.05, 4.69) is 4.98 Å². The topological polar surface area (TPSA) is 114 Å². The lowest BCUT2D eigenvalue weighted by atomic mass is 9.96. The van der Waals surface area contributed by atoms with E-state index in [0.29, 0.717) is 11.3 Å². The summed E-state index contributed by atoms with van der Waals surface area (Å²) in [4.78, 5) is 40.2. The number of amides is 1. The molecule has 25 heavy (non-hydrogen) atoms. The molecule has 1 amide bonds. The minimum absolute atomic E-state index is 0.102. The molecule has 0 saturated heterocycles. The van der Waals surface area contributed by atoms with Gasteiger partial charge in [-0.05, 0) is 24.6 Å². The fourth-order valence-corrected chi connectivity index (χ4v) is 2.85. The van der Waals surface area contributed by atoms with Crippen LogP contribution in [-0.4, -0.2) is 26.7 Å². The van der Waals surface area contributed by atoms with Crippen LogP contribution < -0.4 is 4.90 Å². The Balaban J connectivity index is 2.20. The van der Waals surface area contributed by atoms with Crippen molar-refractivity contribution in [2.24, 2.45) is 0 Å². The minimum Gasteiger partial charge on any atom is -0.503 e. The number of ketones is 1. The number of hydrogen-bond donors (Lipinski definition) is 1. The molecule has 0 unspecified atom stereocenters. The molecule has 0 fully saturated rings. The van der Waals surface area contributed by atoms with Crippen molar-refractivity contribution in [2.75, 3.05) is 4.90 Å². The molecule has 2 aromatic rings. The number of nitrogens with zero attached hydrogens (tertiary/aromatic N) is 3.